The Labute approximate surface area is 177 Å². The SMILES string of the molecule is [Co].c1cnc2c(c1)ccc1cccnc12.c1cnc2c(c1)ccc1cccnc12. The van der Waals surface area contributed by atoms with E-state index in [4.69, 9.17) is 0 Å². The van der Waals surface area contributed by atoms with Crippen LogP contribution in [0.3, 0.4) is 0 Å². The van der Waals surface area contributed by atoms with E-state index in [1.54, 1.807) is 24.8 Å². The third-order valence-electron chi connectivity index (χ3n) is 4.69. The van der Waals surface area contributed by atoms with Crippen LogP contribution in [0.15, 0.2) is 97.6 Å². The molecule has 0 fully saturated rings. The number of rotatable bonds is 0. The largest absolute Gasteiger partial charge is 0.254 e. The molecule has 0 atom stereocenters. The molecule has 2 aromatic carbocycles. The topological polar surface area (TPSA) is 51.6 Å². The third kappa shape index (κ3) is 3.65. The van der Waals surface area contributed by atoms with Gasteiger partial charge in [-0.2, -0.15) is 0 Å². The summed E-state index contributed by atoms with van der Waals surface area (Å²) in [5.41, 5.74) is 3.91. The van der Waals surface area contributed by atoms with Gasteiger partial charge in [0, 0.05) is 63.1 Å². The van der Waals surface area contributed by atoms with Crippen LogP contribution in [-0.4, -0.2) is 19.9 Å². The summed E-state index contributed by atoms with van der Waals surface area (Å²) in [5, 5.41) is 4.55. The van der Waals surface area contributed by atoms with Crippen molar-refractivity contribution >= 4 is 43.6 Å². The molecular formula is C24H16CoN4. The van der Waals surface area contributed by atoms with Gasteiger partial charge in [-0.25, -0.2) is 0 Å². The molecule has 0 spiro atoms. The van der Waals surface area contributed by atoms with E-state index in [-0.39, 0.29) is 16.8 Å². The summed E-state index contributed by atoms with van der Waals surface area (Å²) < 4.78 is 0. The maximum atomic E-state index is 4.35. The van der Waals surface area contributed by atoms with E-state index in [0.29, 0.717) is 0 Å². The number of hydrogen-bond donors (Lipinski definition) is 0. The average Bonchev–Trinajstić information content (AvgIpc) is 2.79. The summed E-state index contributed by atoms with van der Waals surface area (Å²) in [7, 11) is 0. The molecule has 0 aliphatic carbocycles. The van der Waals surface area contributed by atoms with Gasteiger partial charge >= 0.3 is 0 Å². The molecule has 0 unspecified atom stereocenters. The normalized spacial score (nSPS) is 10.5. The molecule has 141 valence electrons. The van der Waals surface area contributed by atoms with Crippen LogP contribution in [0.4, 0.5) is 0 Å². The summed E-state index contributed by atoms with van der Waals surface area (Å²) in [4.78, 5) is 17.4. The molecule has 4 nitrogen and oxygen atoms in total. The Morgan fingerprint density at radius 1 is 0.345 bits per heavy atom. The fourth-order valence-corrected chi connectivity index (χ4v) is 3.36. The zero-order valence-electron chi connectivity index (χ0n) is 15.4. The van der Waals surface area contributed by atoms with Crippen LogP contribution in [0.2, 0.25) is 0 Å². The summed E-state index contributed by atoms with van der Waals surface area (Å²) in [6.45, 7) is 0. The summed E-state index contributed by atoms with van der Waals surface area (Å²) in [6.07, 6.45) is 7.21. The fourth-order valence-electron chi connectivity index (χ4n) is 3.36. The zero-order valence-corrected chi connectivity index (χ0v) is 16.4. The van der Waals surface area contributed by atoms with Crippen molar-refractivity contribution in [3.8, 4) is 0 Å². The van der Waals surface area contributed by atoms with E-state index in [9.17, 15) is 0 Å². The van der Waals surface area contributed by atoms with E-state index in [2.05, 4.69) is 68.5 Å². The fraction of sp³-hybridized carbons (Fsp3) is 0. The minimum absolute atomic E-state index is 0. The van der Waals surface area contributed by atoms with Crippen LogP contribution in [0.25, 0.3) is 43.6 Å². The molecule has 4 aromatic heterocycles. The van der Waals surface area contributed by atoms with Crippen LogP contribution in [-0.2, 0) is 16.8 Å². The van der Waals surface area contributed by atoms with Gasteiger partial charge in [-0.05, 0) is 24.3 Å². The molecule has 0 aliphatic rings. The quantitative estimate of drug-likeness (QED) is 0.302. The predicted molar refractivity (Wildman–Crippen MR) is 114 cm³/mol. The first-order valence-corrected chi connectivity index (χ1v) is 9.07. The standard InChI is InChI=1S/2C12H8N2.Co/c2*1-3-9-5-6-10-4-2-8-14-12(10)11(9)13-7-1;/h2*1-8H;. The van der Waals surface area contributed by atoms with Gasteiger partial charge in [-0.15, -0.1) is 0 Å². The molecule has 4 heterocycles. The van der Waals surface area contributed by atoms with Crippen molar-refractivity contribution < 1.29 is 16.8 Å². The number of benzene rings is 2. The van der Waals surface area contributed by atoms with Crippen molar-refractivity contribution in [2.75, 3.05) is 0 Å². The number of nitrogens with zero attached hydrogens (tertiary/aromatic N) is 4. The van der Waals surface area contributed by atoms with Crippen molar-refractivity contribution in [3.05, 3.63) is 97.6 Å². The Morgan fingerprint density at radius 2 is 0.586 bits per heavy atom. The molecule has 0 aliphatic heterocycles. The average molecular weight is 419 g/mol. The predicted octanol–water partition coefficient (Wildman–Crippen LogP) is 5.56. The molecule has 5 heteroatoms. The molecule has 1 radical (unpaired) electrons. The molecule has 0 N–H and O–H groups in total. The van der Waals surface area contributed by atoms with Gasteiger partial charge in [-0.3, -0.25) is 19.9 Å². The number of aromatic nitrogens is 4. The second kappa shape index (κ2) is 8.30. The van der Waals surface area contributed by atoms with Crippen LogP contribution >= 0.6 is 0 Å². The summed E-state index contributed by atoms with van der Waals surface area (Å²) >= 11 is 0. The van der Waals surface area contributed by atoms with Gasteiger partial charge in [0.25, 0.3) is 0 Å². The number of hydrogen-bond acceptors (Lipinski definition) is 4. The minimum Gasteiger partial charge on any atom is -0.254 e. The molecule has 6 rings (SSSR count). The molecule has 0 amide bonds. The van der Waals surface area contributed by atoms with E-state index >= 15 is 0 Å². The molecular weight excluding hydrogens is 403 g/mol. The summed E-state index contributed by atoms with van der Waals surface area (Å²) in [6, 6.07) is 24.3. The first-order valence-electron chi connectivity index (χ1n) is 9.07. The minimum atomic E-state index is 0. The third-order valence-corrected chi connectivity index (χ3v) is 4.69. The van der Waals surface area contributed by atoms with Crippen molar-refractivity contribution in [2.24, 2.45) is 0 Å². The second-order valence-corrected chi connectivity index (χ2v) is 6.43. The van der Waals surface area contributed by atoms with E-state index < -0.39 is 0 Å². The van der Waals surface area contributed by atoms with Crippen LogP contribution in [0.5, 0.6) is 0 Å². The smallest absolute Gasteiger partial charge is 0.0964 e. The maximum Gasteiger partial charge on any atom is 0.0964 e. The van der Waals surface area contributed by atoms with Crippen LogP contribution < -0.4 is 0 Å². The van der Waals surface area contributed by atoms with Crippen molar-refractivity contribution in [3.63, 3.8) is 0 Å². The maximum absolute atomic E-state index is 4.35. The van der Waals surface area contributed by atoms with E-state index in [1.165, 1.54) is 0 Å². The van der Waals surface area contributed by atoms with E-state index in [0.717, 1.165) is 43.6 Å². The van der Waals surface area contributed by atoms with E-state index in [1.807, 2.05) is 24.3 Å². The molecule has 6 aromatic rings. The van der Waals surface area contributed by atoms with Gasteiger partial charge in [0.2, 0.25) is 0 Å². The van der Waals surface area contributed by atoms with Crippen LogP contribution in [0, 0.1) is 0 Å². The molecule has 0 saturated carbocycles. The Morgan fingerprint density at radius 3 is 0.828 bits per heavy atom. The Hall–Kier alpha value is -3.41. The monoisotopic (exact) mass is 419 g/mol. The van der Waals surface area contributed by atoms with Gasteiger partial charge in [0.1, 0.15) is 0 Å². The van der Waals surface area contributed by atoms with Crippen molar-refractivity contribution in [2.45, 2.75) is 0 Å². The zero-order chi connectivity index (χ0) is 18.8. The first kappa shape index (κ1) is 18.9. The van der Waals surface area contributed by atoms with Crippen LogP contribution in [0.1, 0.15) is 0 Å². The first-order chi connectivity index (χ1) is 13.9. The Kier molecular flexibility index (Phi) is 5.42. The second-order valence-electron chi connectivity index (χ2n) is 6.43. The van der Waals surface area contributed by atoms with Crippen molar-refractivity contribution in [1.82, 2.24) is 19.9 Å². The number of fused-ring (bicyclic) bond motifs is 6. The van der Waals surface area contributed by atoms with Gasteiger partial charge < -0.3 is 0 Å². The van der Waals surface area contributed by atoms with Crippen molar-refractivity contribution in [1.29, 1.82) is 0 Å². The Balaban J connectivity index is 0.000000137. The molecule has 29 heavy (non-hydrogen) atoms. The molecule has 0 saturated heterocycles. The Bertz CT molecular complexity index is 1210. The van der Waals surface area contributed by atoms with Gasteiger partial charge in [0.15, 0.2) is 0 Å². The number of pyridine rings is 4. The van der Waals surface area contributed by atoms with Gasteiger partial charge in [0.05, 0.1) is 22.1 Å². The molecule has 0 bridgehead atoms. The van der Waals surface area contributed by atoms with Gasteiger partial charge in [-0.1, -0.05) is 48.5 Å². The summed E-state index contributed by atoms with van der Waals surface area (Å²) in [5.74, 6) is 0.